The second-order valence-electron chi connectivity index (χ2n) is 2.71. The molecule has 7 heteroatoms. The predicted molar refractivity (Wildman–Crippen MR) is 47.3 cm³/mol. The largest absolute Gasteiger partial charge is 0.478 e. The van der Waals surface area contributed by atoms with E-state index in [0.717, 1.165) is 18.2 Å². The van der Waals surface area contributed by atoms with Crippen molar-refractivity contribution in [2.75, 3.05) is 0 Å². The second kappa shape index (κ2) is 5.55. The fraction of sp³-hybridized carbons (Fsp3) is 0. The molecule has 1 rings (SSSR count). The van der Waals surface area contributed by atoms with Crippen molar-refractivity contribution in [1.82, 2.24) is 0 Å². The fourth-order valence-corrected chi connectivity index (χ4v) is 0.998. The number of rotatable bonds is 3. The molecule has 0 bridgehead atoms. The maximum Gasteiger partial charge on any atom is 0.335 e. The van der Waals surface area contributed by atoms with Crippen molar-refractivity contribution in [3.63, 3.8) is 0 Å². The molecule has 0 aliphatic carbocycles. The van der Waals surface area contributed by atoms with Gasteiger partial charge in [0.25, 0.3) is 0 Å². The minimum Gasteiger partial charge on any atom is -0.478 e. The van der Waals surface area contributed by atoms with Crippen molar-refractivity contribution >= 4 is 17.9 Å². The molecule has 0 aliphatic rings. The van der Waals surface area contributed by atoms with Gasteiger partial charge >= 0.3 is 17.9 Å². The van der Waals surface area contributed by atoms with Crippen molar-refractivity contribution < 1.29 is 55.5 Å². The van der Waals surface area contributed by atoms with E-state index in [0.29, 0.717) is 0 Å². The Hall–Kier alpha value is -1.50. The van der Waals surface area contributed by atoms with E-state index in [2.05, 4.69) is 0 Å². The molecule has 0 spiro atoms. The smallest absolute Gasteiger partial charge is 0.335 e. The van der Waals surface area contributed by atoms with Crippen LogP contribution in [0.4, 0.5) is 0 Å². The summed E-state index contributed by atoms with van der Waals surface area (Å²) in [4.78, 5) is 31.7. The molecule has 6 nitrogen and oxygen atoms in total. The van der Waals surface area contributed by atoms with E-state index in [-0.39, 0.29) is 42.5 Å². The topological polar surface area (TPSA) is 112 Å². The van der Waals surface area contributed by atoms with E-state index < -0.39 is 17.9 Å². The molecule has 0 saturated heterocycles. The van der Waals surface area contributed by atoms with E-state index in [1.807, 2.05) is 0 Å². The summed E-state index contributed by atoms with van der Waals surface area (Å²) in [7, 11) is 0. The first-order valence-electron chi connectivity index (χ1n) is 3.77. The summed E-state index contributed by atoms with van der Waals surface area (Å²) in [5.74, 6) is -4.12. The van der Waals surface area contributed by atoms with E-state index in [9.17, 15) is 14.4 Å². The molecule has 0 amide bonds. The maximum atomic E-state index is 10.6. The van der Waals surface area contributed by atoms with Crippen LogP contribution in [0.1, 0.15) is 31.1 Å². The van der Waals surface area contributed by atoms with Gasteiger partial charge in [-0.3, -0.25) is 0 Å². The molecule has 1 radical (unpaired) electrons. The monoisotopic (exact) mass is 255 g/mol. The van der Waals surface area contributed by atoms with Gasteiger partial charge in [0.1, 0.15) is 0 Å². The number of carbonyl (C=O) groups is 3. The standard InChI is InChI=1S/C9H6O6.Sc/c10-7(11)4-1-5(8(12)13)3-6(2-4)9(14)15;/h1-3H,(H,10,11)(H,12,13)(H,14,15);. The molecule has 3 N–H and O–H groups in total. The van der Waals surface area contributed by atoms with Crippen LogP contribution < -0.4 is 0 Å². The van der Waals surface area contributed by atoms with E-state index in [4.69, 9.17) is 15.3 Å². The Balaban J connectivity index is 0.00000225. The number of aromatic carboxylic acids is 3. The average Bonchev–Trinajstić information content (AvgIpc) is 2.16. The third kappa shape index (κ3) is 3.27. The van der Waals surface area contributed by atoms with Gasteiger partial charge in [-0.25, -0.2) is 14.4 Å². The van der Waals surface area contributed by atoms with Crippen LogP contribution in [0.5, 0.6) is 0 Å². The zero-order valence-electron chi connectivity index (χ0n) is 7.88. The van der Waals surface area contributed by atoms with Crippen LogP contribution in [0.2, 0.25) is 0 Å². The minimum absolute atomic E-state index is 0. The van der Waals surface area contributed by atoms with Crippen molar-refractivity contribution in [3.05, 3.63) is 34.9 Å². The van der Waals surface area contributed by atoms with Crippen molar-refractivity contribution in [2.24, 2.45) is 0 Å². The van der Waals surface area contributed by atoms with Crippen LogP contribution >= 0.6 is 0 Å². The Morgan fingerprint density at radius 3 is 1.00 bits per heavy atom. The molecule has 1 aromatic carbocycles. The summed E-state index contributed by atoms with van der Waals surface area (Å²) in [5.41, 5.74) is -1.10. The first-order valence-corrected chi connectivity index (χ1v) is 3.77. The third-order valence-corrected chi connectivity index (χ3v) is 1.67. The van der Waals surface area contributed by atoms with E-state index >= 15 is 0 Å². The van der Waals surface area contributed by atoms with Gasteiger partial charge in [0, 0.05) is 25.8 Å². The number of hydrogen-bond acceptors (Lipinski definition) is 3. The Bertz CT molecular complexity index is 374. The average molecular weight is 255 g/mol. The molecule has 0 atom stereocenters. The van der Waals surface area contributed by atoms with E-state index in [1.165, 1.54) is 0 Å². The van der Waals surface area contributed by atoms with E-state index in [1.54, 1.807) is 0 Å². The van der Waals surface area contributed by atoms with Gasteiger partial charge in [-0.15, -0.1) is 0 Å². The Labute approximate surface area is 108 Å². The van der Waals surface area contributed by atoms with Gasteiger partial charge < -0.3 is 15.3 Å². The molecular formula is C9H6O6Sc. The first-order chi connectivity index (χ1) is 6.91. The fourth-order valence-electron chi connectivity index (χ4n) is 0.998. The van der Waals surface area contributed by atoms with Crippen molar-refractivity contribution in [3.8, 4) is 0 Å². The molecule has 16 heavy (non-hydrogen) atoms. The molecule has 1 aromatic rings. The molecule has 0 unspecified atom stereocenters. The predicted octanol–water partition coefficient (Wildman–Crippen LogP) is 0.779. The summed E-state index contributed by atoms with van der Waals surface area (Å²) < 4.78 is 0. The van der Waals surface area contributed by atoms with Gasteiger partial charge in [-0.1, -0.05) is 0 Å². The second-order valence-corrected chi connectivity index (χ2v) is 2.71. The van der Waals surface area contributed by atoms with Crippen LogP contribution in [-0.2, 0) is 25.8 Å². The molecule has 0 saturated carbocycles. The van der Waals surface area contributed by atoms with Gasteiger partial charge in [-0.05, 0) is 18.2 Å². The Morgan fingerprint density at radius 1 is 0.688 bits per heavy atom. The van der Waals surface area contributed by atoms with Crippen LogP contribution in [-0.4, -0.2) is 33.2 Å². The summed E-state index contributed by atoms with van der Waals surface area (Å²) in [6, 6.07) is 2.70. The minimum atomic E-state index is -1.37. The number of carboxylic acids is 3. The van der Waals surface area contributed by atoms with Crippen LogP contribution in [0, 0.1) is 0 Å². The summed E-state index contributed by atoms with van der Waals surface area (Å²) in [6.07, 6.45) is 0. The normalized spacial score (nSPS) is 9.00. The summed E-state index contributed by atoms with van der Waals surface area (Å²) in [5, 5.41) is 25.8. The molecule has 81 valence electrons. The van der Waals surface area contributed by atoms with Gasteiger partial charge in [0.2, 0.25) is 0 Å². The number of carboxylic acid groups (broad SMARTS) is 3. The molecule has 0 aliphatic heterocycles. The van der Waals surface area contributed by atoms with Crippen molar-refractivity contribution in [1.29, 1.82) is 0 Å². The molecule has 0 aromatic heterocycles. The van der Waals surface area contributed by atoms with Gasteiger partial charge in [0.05, 0.1) is 16.7 Å². The quantitative estimate of drug-likeness (QED) is 0.735. The zero-order chi connectivity index (χ0) is 11.6. The molecular weight excluding hydrogens is 249 g/mol. The Morgan fingerprint density at radius 2 is 0.875 bits per heavy atom. The summed E-state index contributed by atoms with van der Waals surface area (Å²) in [6.45, 7) is 0. The Kier molecular flexibility index (Phi) is 5.03. The SMILES string of the molecule is O=C(O)c1cc(C(=O)O)cc(C(=O)O)c1.[Sc]. The molecule has 0 fully saturated rings. The van der Waals surface area contributed by atoms with Gasteiger partial charge in [-0.2, -0.15) is 0 Å². The first kappa shape index (κ1) is 14.5. The van der Waals surface area contributed by atoms with Gasteiger partial charge in [0.15, 0.2) is 0 Å². The van der Waals surface area contributed by atoms with Crippen molar-refractivity contribution in [2.45, 2.75) is 0 Å². The van der Waals surface area contributed by atoms with Crippen LogP contribution in [0.3, 0.4) is 0 Å². The molecule has 0 heterocycles. The maximum absolute atomic E-state index is 10.6. The number of hydrogen-bond donors (Lipinski definition) is 3. The summed E-state index contributed by atoms with van der Waals surface area (Å²) >= 11 is 0. The number of benzene rings is 1. The van der Waals surface area contributed by atoms with Crippen LogP contribution in [0.15, 0.2) is 18.2 Å². The van der Waals surface area contributed by atoms with Crippen LogP contribution in [0.25, 0.3) is 0 Å². The zero-order valence-corrected chi connectivity index (χ0v) is 9.68. The third-order valence-electron chi connectivity index (χ3n) is 1.67.